The molecule has 1 rings (SSSR count). The SMILES string of the molecule is N#C/C(=C/c1ccccc1)CCl. The maximum absolute atomic E-state index is 8.58. The van der Waals surface area contributed by atoms with Crippen LogP contribution in [0, 0.1) is 11.3 Å². The van der Waals surface area contributed by atoms with Crippen molar-refractivity contribution in [3.63, 3.8) is 0 Å². The molecule has 0 aliphatic carbocycles. The highest BCUT2D eigenvalue weighted by atomic mass is 35.5. The molecule has 0 saturated heterocycles. The molecule has 1 aromatic carbocycles. The lowest BCUT2D eigenvalue weighted by Crippen LogP contribution is -1.79. The van der Waals surface area contributed by atoms with Gasteiger partial charge in [-0.05, 0) is 11.6 Å². The second-order valence-corrected chi connectivity index (χ2v) is 2.59. The van der Waals surface area contributed by atoms with Crippen LogP contribution in [0.1, 0.15) is 5.56 Å². The van der Waals surface area contributed by atoms with Gasteiger partial charge in [-0.15, -0.1) is 11.6 Å². The fourth-order valence-electron chi connectivity index (χ4n) is 0.851. The van der Waals surface area contributed by atoms with E-state index < -0.39 is 0 Å². The monoisotopic (exact) mass is 177 g/mol. The number of nitrogens with zero attached hydrogens (tertiary/aromatic N) is 1. The third-order valence-electron chi connectivity index (χ3n) is 1.43. The molecule has 1 aromatic rings. The molecule has 60 valence electrons. The molecule has 0 N–H and O–H groups in total. The fraction of sp³-hybridized carbons (Fsp3) is 0.100. The van der Waals surface area contributed by atoms with Crippen LogP contribution >= 0.6 is 11.6 Å². The van der Waals surface area contributed by atoms with Gasteiger partial charge in [-0.3, -0.25) is 0 Å². The maximum atomic E-state index is 8.58. The first-order valence-electron chi connectivity index (χ1n) is 3.58. The highest BCUT2D eigenvalue weighted by molar-refractivity contribution is 6.20. The quantitative estimate of drug-likeness (QED) is 0.504. The molecule has 0 radical (unpaired) electrons. The van der Waals surface area contributed by atoms with E-state index in [0.29, 0.717) is 5.57 Å². The van der Waals surface area contributed by atoms with E-state index in [0.717, 1.165) is 5.56 Å². The van der Waals surface area contributed by atoms with E-state index in [1.807, 2.05) is 36.4 Å². The van der Waals surface area contributed by atoms with Gasteiger partial charge < -0.3 is 0 Å². The lowest BCUT2D eigenvalue weighted by Gasteiger charge is -1.92. The standard InChI is InChI=1S/C10H8ClN/c11-7-10(8-12)6-9-4-2-1-3-5-9/h1-6H,7H2/b10-6+. The first-order chi connectivity index (χ1) is 5.86. The van der Waals surface area contributed by atoms with Gasteiger partial charge in [0.2, 0.25) is 0 Å². The average Bonchev–Trinajstić information content (AvgIpc) is 2.16. The van der Waals surface area contributed by atoms with Crippen LogP contribution in [0.3, 0.4) is 0 Å². The minimum Gasteiger partial charge on any atom is -0.193 e. The van der Waals surface area contributed by atoms with Gasteiger partial charge in [-0.1, -0.05) is 30.3 Å². The Labute approximate surface area is 76.9 Å². The molecular formula is C10H8ClN. The van der Waals surface area contributed by atoms with Crippen molar-refractivity contribution in [1.29, 1.82) is 5.26 Å². The minimum absolute atomic E-state index is 0.269. The summed E-state index contributed by atoms with van der Waals surface area (Å²) in [5.41, 5.74) is 1.59. The number of halogens is 1. The Morgan fingerprint density at radius 3 is 2.58 bits per heavy atom. The number of benzene rings is 1. The lowest BCUT2D eigenvalue weighted by molar-refractivity contribution is 1.46. The first-order valence-corrected chi connectivity index (χ1v) is 4.12. The minimum atomic E-state index is 0.269. The van der Waals surface area contributed by atoms with Gasteiger partial charge in [0.15, 0.2) is 0 Å². The van der Waals surface area contributed by atoms with Crippen molar-refractivity contribution >= 4 is 17.7 Å². The zero-order valence-corrected chi connectivity index (χ0v) is 7.25. The topological polar surface area (TPSA) is 23.8 Å². The van der Waals surface area contributed by atoms with Crippen molar-refractivity contribution < 1.29 is 0 Å². The van der Waals surface area contributed by atoms with Crippen LogP contribution in [-0.2, 0) is 0 Å². The molecule has 12 heavy (non-hydrogen) atoms. The number of alkyl halides is 1. The zero-order valence-electron chi connectivity index (χ0n) is 6.50. The summed E-state index contributed by atoms with van der Waals surface area (Å²) in [4.78, 5) is 0. The second kappa shape index (κ2) is 4.58. The van der Waals surface area contributed by atoms with Crippen LogP contribution in [0.4, 0.5) is 0 Å². The third kappa shape index (κ3) is 2.41. The van der Waals surface area contributed by atoms with Gasteiger partial charge in [0.25, 0.3) is 0 Å². The summed E-state index contributed by atoms with van der Waals surface area (Å²) in [6, 6.07) is 11.7. The molecule has 0 aliphatic rings. The highest BCUT2D eigenvalue weighted by Gasteiger charge is 1.91. The van der Waals surface area contributed by atoms with Crippen molar-refractivity contribution in [3.8, 4) is 6.07 Å². The van der Waals surface area contributed by atoms with E-state index in [-0.39, 0.29) is 5.88 Å². The van der Waals surface area contributed by atoms with Crippen LogP contribution in [-0.4, -0.2) is 5.88 Å². The third-order valence-corrected chi connectivity index (χ3v) is 1.72. The summed E-state index contributed by atoms with van der Waals surface area (Å²) in [5, 5.41) is 8.58. The van der Waals surface area contributed by atoms with E-state index in [4.69, 9.17) is 16.9 Å². The Balaban J connectivity index is 2.88. The number of hydrogen-bond donors (Lipinski definition) is 0. The van der Waals surface area contributed by atoms with E-state index in [1.54, 1.807) is 6.08 Å². The van der Waals surface area contributed by atoms with Gasteiger partial charge in [0, 0.05) is 5.57 Å². The van der Waals surface area contributed by atoms with Crippen LogP contribution < -0.4 is 0 Å². The Morgan fingerprint density at radius 1 is 1.42 bits per heavy atom. The van der Waals surface area contributed by atoms with Crippen molar-refractivity contribution in [2.24, 2.45) is 0 Å². The molecule has 0 spiro atoms. The van der Waals surface area contributed by atoms with E-state index in [1.165, 1.54) is 0 Å². The molecule has 2 heteroatoms. The predicted octanol–water partition coefficient (Wildman–Crippen LogP) is 2.83. The van der Waals surface area contributed by atoms with Crippen LogP contribution in [0.25, 0.3) is 6.08 Å². The van der Waals surface area contributed by atoms with Gasteiger partial charge in [0.05, 0.1) is 11.9 Å². The smallest absolute Gasteiger partial charge is 0.0960 e. The molecule has 1 nitrogen and oxygen atoms in total. The molecule has 0 amide bonds. The Hall–Kier alpha value is -1.26. The molecule has 0 fully saturated rings. The number of rotatable bonds is 2. The van der Waals surface area contributed by atoms with Crippen LogP contribution in [0.15, 0.2) is 35.9 Å². The summed E-state index contributed by atoms with van der Waals surface area (Å²) < 4.78 is 0. The van der Waals surface area contributed by atoms with E-state index in [2.05, 4.69) is 0 Å². The fourth-order valence-corrected chi connectivity index (χ4v) is 0.988. The Bertz CT molecular complexity index is 308. The molecule has 0 aromatic heterocycles. The molecular weight excluding hydrogens is 170 g/mol. The Kier molecular flexibility index (Phi) is 3.37. The van der Waals surface area contributed by atoms with Crippen LogP contribution in [0.5, 0.6) is 0 Å². The van der Waals surface area contributed by atoms with Crippen molar-refractivity contribution in [2.75, 3.05) is 5.88 Å². The predicted molar refractivity (Wildman–Crippen MR) is 50.8 cm³/mol. The normalized spacial score (nSPS) is 10.8. The molecule has 0 aliphatic heterocycles. The molecule has 0 atom stereocenters. The van der Waals surface area contributed by atoms with Crippen LogP contribution in [0.2, 0.25) is 0 Å². The van der Waals surface area contributed by atoms with E-state index >= 15 is 0 Å². The summed E-state index contributed by atoms with van der Waals surface area (Å²) in [6.07, 6.45) is 1.78. The zero-order chi connectivity index (χ0) is 8.81. The van der Waals surface area contributed by atoms with Gasteiger partial charge in [-0.2, -0.15) is 5.26 Å². The number of allylic oxidation sites excluding steroid dienone is 1. The first kappa shape index (κ1) is 8.83. The maximum Gasteiger partial charge on any atom is 0.0960 e. The largest absolute Gasteiger partial charge is 0.193 e. The Morgan fingerprint density at radius 2 is 2.08 bits per heavy atom. The molecule has 0 saturated carbocycles. The lowest BCUT2D eigenvalue weighted by atomic mass is 10.1. The van der Waals surface area contributed by atoms with E-state index in [9.17, 15) is 0 Å². The second-order valence-electron chi connectivity index (χ2n) is 2.33. The van der Waals surface area contributed by atoms with Gasteiger partial charge in [-0.25, -0.2) is 0 Å². The van der Waals surface area contributed by atoms with Gasteiger partial charge in [0.1, 0.15) is 0 Å². The number of nitriles is 1. The van der Waals surface area contributed by atoms with Crippen molar-refractivity contribution in [2.45, 2.75) is 0 Å². The molecule has 0 heterocycles. The van der Waals surface area contributed by atoms with Crippen molar-refractivity contribution in [1.82, 2.24) is 0 Å². The summed E-state index contributed by atoms with van der Waals surface area (Å²) in [7, 11) is 0. The van der Waals surface area contributed by atoms with Crippen molar-refractivity contribution in [3.05, 3.63) is 41.5 Å². The number of hydrogen-bond acceptors (Lipinski definition) is 1. The highest BCUT2D eigenvalue weighted by Crippen LogP contribution is 2.06. The average molecular weight is 178 g/mol. The summed E-state index contributed by atoms with van der Waals surface area (Å²) in [5.74, 6) is 0.269. The molecule has 0 bridgehead atoms. The summed E-state index contributed by atoms with van der Waals surface area (Å²) in [6.45, 7) is 0. The molecule has 0 unspecified atom stereocenters. The summed E-state index contributed by atoms with van der Waals surface area (Å²) >= 11 is 5.53. The van der Waals surface area contributed by atoms with Gasteiger partial charge >= 0.3 is 0 Å².